The van der Waals surface area contributed by atoms with E-state index in [0.717, 1.165) is 18.1 Å². The van der Waals surface area contributed by atoms with Crippen molar-refractivity contribution >= 4 is 29.5 Å². The third kappa shape index (κ3) is 3.99. The lowest BCUT2D eigenvalue weighted by Gasteiger charge is -2.12. The van der Waals surface area contributed by atoms with Gasteiger partial charge in [-0.3, -0.25) is 4.79 Å². The van der Waals surface area contributed by atoms with E-state index in [0.29, 0.717) is 10.3 Å². The SMILES string of the molecule is CC(=O)O.Cc1cc(C2Sc3ccccc3S2)cc(C)c1O. The number of carboxylic acid groups (broad SMARTS) is 1. The first kappa shape index (κ1) is 16.8. The van der Waals surface area contributed by atoms with Gasteiger partial charge in [0.15, 0.2) is 0 Å². The monoisotopic (exact) mass is 334 g/mol. The summed E-state index contributed by atoms with van der Waals surface area (Å²) in [5, 5.41) is 17.3. The molecular formula is C17H18O3S2. The molecule has 3 nitrogen and oxygen atoms in total. The molecule has 1 aliphatic heterocycles. The maximum absolute atomic E-state index is 9.83. The molecule has 0 spiro atoms. The fourth-order valence-corrected chi connectivity index (χ4v) is 4.95. The van der Waals surface area contributed by atoms with Crippen LogP contribution in [0, 0.1) is 13.8 Å². The van der Waals surface area contributed by atoms with Crippen LogP contribution in [0.2, 0.25) is 0 Å². The average molecular weight is 334 g/mol. The zero-order valence-corrected chi connectivity index (χ0v) is 14.3. The minimum absolute atomic E-state index is 0.403. The number of phenolic OH excluding ortho intramolecular Hbond substituents is 1. The molecule has 3 rings (SSSR count). The first-order chi connectivity index (χ1) is 10.4. The van der Waals surface area contributed by atoms with Gasteiger partial charge >= 0.3 is 0 Å². The first-order valence-electron chi connectivity index (χ1n) is 6.80. The second-order valence-corrected chi connectivity index (χ2v) is 7.63. The smallest absolute Gasteiger partial charge is 0.300 e. The van der Waals surface area contributed by atoms with Crippen LogP contribution in [0.4, 0.5) is 0 Å². The molecule has 0 aliphatic carbocycles. The Morgan fingerprint density at radius 2 is 1.45 bits per heavy atom. The molecule has 1 aliphatic rings. The first-order valence-corrected chi connectivity index (χ1v) is 8.56. The maximum Gasteiger partial charge on any atom is 0.300 e. The predicted molar refractivity (Wildman–Crippen MR) is 91.8 cm³/mol. The third-order valence-corrected chi connectivity index (χ3v) is 6.00. The number of hydrogen-bond donors (Lipinski definition) is 2. The summed E-state index contributed by atoms with van der Waals surface area (Å²) in [7, 11) is 0. The van der Waals surface area contributed by atoms with Crippen molar-refractivity contribution in [2.45, 2.75) is 35.1 Å². The zero-order valence-electron chi connectivity index (χ0n) is 12.7. The van der Waals surface area contributed by atoms with Gasteiger partial charge < -0.3 is 10.2 Å². The molecule has 22 heavy (non-hydrogen) atoms. The van der Waals surface area contributed by atoms with E-state index in [1.165, 1.54) is 15.4 Å². The van der Waals surface area contributed by atoms with Gasteiger partial charge in [-0.15, -0.1) is 23.5 Å². The molecule has 116 valence electrons. The maximum atomic E-state index is 9.83. The molecular weight excluding hydrogens is 316 g/mol. The van der Waals surface area contributed by atoms with E-state index in [4.69, 9.17) is 9.90 Å². The number of aliphatic carboxylic acids is 1. The number of carbonyl (C=O) groups is 1. The molecule has 0 atom stereocenters. The normalized spacial score (nSPS) is 13.2. The number of benzene rings is 2. The number of fused-ring (bicyclic) bond motifs is 1. The molecule has 0 saturated carbocycles. The second-order valence-electron chi connectivity index (χ2n) is 5.04. The van der Waals surface area contributed by atoms with Crippen LogP contribution in [-0.4, -0.2) is 16.2 Å². The number of phenols is 1. The number of thioether (sulfide) groups is 2. The largest absolute Gasteiger partial charge is 0.507 e. The Morgan fingerprint density at radius 3 is 1.86 bits per heavy atom. The summed E-state index contributed by atoms with van der Waals surface area (Å²) in [6.45, 7) is 5.01. The molecule has 0 radical (unpaired) electrons. The van der Waals surface area contributed by atoms with Gasteiger partial charge in [-0.1, -0.05) is 24.3 Å². The van der Waals surface area contributed by atoms with Crippen molar-refractivity contribution in [3.05, 3.63) is 53.1 Å². The van der Waals surface area contributed by atoms with Gasteiger partial charge in [-0.05, 0) is 42.7 Å². The van der Waals surface area contributed by atoms with Crippen LogP contribution >= 0.6 is 23.5 Å². The van der Waals surface area contributed by atoms with E-state index in [-0.39, 0.29) is 0 Å². The van der Waals surface area contributed by atoms with E-state index in [1.807, 2.05) is 37.4 Å². The third-order valence-electron chi connectivity index (χ3n) is 3.10. The molecule has 1 heterocycles. The molecule has 0 bridgehead atoms. The number of rotatable bonds is 1. The van der Waals surface area contributed by atoms with Gasteiger partial charge in [0.1, 0.15) is 5.75 Å². The van der Waals surface area contributed by atoms with Crippen molar-refractivity contribution in [1.29, 1.82) is 0 Å². The highest BCUT2D eigenvalue weighted by molar-refractivity contribution is 8.18. The van der Waals surface area contributed by atoms with Gasteiger partial charge in [-0.2, -0.15) is 0 Å². The van der Waals surface area contributed by atoms with E-state index in [1.54, 1.807) is 0 Å². The highest BCUT2D eigenvalue weighted by atomic mass is 32.2. The lowest BCUT2D eigenvalue weighted by atomic mass is 10.1. The minimum Gasteiger partial charge on any atom is -0.507 e. The minimum atomic E-state index is -0.833. The van der Waals surface area contributed by atoms with E-state index >= 15 is 0 Å². The van der Waals surface area contributed by atoms with Crippen LogP contribution in [0.3, 0.4) is 0 Å². The molecule has 2 aromatic carbocycles. The van der Waals surface area contributed by atoms with Gasteiger partial charge in [0, 0.05) is 16.7 Å². The summed E-state index contributed by atoms with van der Waals surface area (Å²) in [4.78, 5) is 11.7. The summed E-state index contributed by atoms with van der Waals surface area (Å²) < 4.78 is 0.403. The summed E-state index contributed by atoms with van der Waals surface area (Å²) in [5.41, 5.74) is 3.21. The van der Waals surface area contributed by atoms with Crippen LogP contribution in [0.1, 0.15) is 28.2 Å². The molecule has 5 heteroatoms. The van der Waals surface area contributed by atoms with Crippen molar-refractivity contribution in [3.63, 3.8) is 0 Å². The zero-order chi connectivity index (χ0) is 16.3. The Kier molecular flexibility index (Phi) is 5.42. The quantitative estimate of drug-likeness (QED) is 0.769. The molecule has 0 fully saturated rings. The second kappa shape index (κ2) is 7.11. The van der Waals surface area contributed by atoms with Gasteiger partial charge in [-0.25, -0.2) is 0 Å². The lowest BCUT2D eigenvalue weighted by molar-refractivity contribution is -0.134. The fourth-order valence-electron chi connectivity index (χ4n) is 2.16. The highest BCUT2D eigenvalue weighted by Crippen LogP contribution is 2.56. The predicted octanol–water partition coefficient (Wildman–Crippen LogP) is 5.00. The molecule has 2 aromatic rings. The van der Waals surface area contributed by atoms with Crippen molar-refractivity contribution in [2.75, 3.05) is 0 Å². The average Bonchev–Trinajstić information content (AvgIpc) is 2.87. The van der Waals surface area contributed by atoms with Crippen LogP contribution in [0.5, 0.6) is 5.75 Å². The Morgan fingerprint density at radius 1 is 1.05 bits per heavy atom. The number of hydrogen-bond acceptors (Lipinski definition) is 4. The van der Waals surface area contributed by atoms with Crippen molar-refractivity contribution < 1.29 is 15.0 Å². The summed E-state index contributed by atoms with van der Waals surface area (Å²) in [6.07, 6.45) is 0. The van der Waals surface area contributed by atoms with Crippen LogP contribution in [0.15, 0.2) is 46.2 Å². The fraction of sp³-hybridized carbons (Fsp3) is 0.235. The molecule has 0 saturated heterocycles. The Bertz CT molecular complexity index is 646. The van der Waals surface area contributed by atoms with Crippen molar-refractivity contribution in [2.24, 2.45) is 0 Å². The Labute approximate surface area is 138 Å². The number of aryl methyl sites for hydroxylation is 2. The van der Waals surface area contributed by atoms with Gasteiger partial charge in [0.25, 0.3) is 5.97 Å². The summed E-state index contributed by atoms with van der Waals surface area (Å²) in [6, 6.07) is 12.7. The van der Waals surface area contributed by atoms with Crippen molar-refractivity contribution in [1.82, 2.24) is 0 Å². The summed E-state index contributed by atoms with van der Waals surface area (Å²) >= 11 is 3.79. The standard InChI is InChI=1S/C15H14OS2.C2H4O2/c1-9-7-11(8-10(2)14(9)16)15-17-12-5-3-4-6-13(12)18-15;1-2(3)4/h3-8,15-16H,1-2H3;1H3,(H,3,4). The van der Waals surface area contributed by atoms with E-state index in [2.05, 4.69) is 36.4 Å². The summed E-state index contributed by atoms with van der Waals surface area (Å²) in [5.74, 6) is -0.413. The van der Waals surface area contributed by atoms with E-state index < -0.39 is 5.97 Å². The molecule has 0 amide bonds. The lowest BCUT2D eigenvalue weighted by Crippen LogP contribution is -1.89. The van der Waals surface area contributed by atoms with Crippen LogP contribution in [0.25, 0.3) is 0 Å². The number of aromatic hydroxyl groups is 1. The van der Waals surface area contributed by atoms with E-state index in [9.17, 15) is 5.11 Å². The Balaban J connectivity index is 0.000000396. The number of carboxylic acids is 1. The van der Waals surface area contributed by atoms with Crippen LogP contribution in [-0.2, 0) is 4.79 Å². The van der Waals surface area contributed by atoms with Gasteiger partial charge in [0.2, 0.25) is 0 Å². The van der Waals surface area contributed by atoms with Crippen molar-refractivity contribution in [3.8, 4) is 5.75 Å². The topological polar surface area (TPSA) is 57.5 Å². The highest BCUT2D eigenvalue weighted by Gasteiger charge is 2.24. The molecule has 0 aromatic heterocycles. The van der Waals surface area contributed by atoms with Crippen LogP contribution < -0.4 is 0 Å². The molecule has 2 N–H and O–H groups in total. The molecule has 0 unspecified atom stereocenters. The van der Waals surface area contributed by atoms with Gasteiger partial charge in [0.05, 0.1) is 4.58 Å². The Hall–Kier alpha value is -1.59.